The molecule has 0 saturated carbocycles. The van der Waals surface area contributed by atoms with Gasteiger partial charge in [0, 0.05) is 23.4 Å². The molecular weight excluding hydrogens is 290 g/mol. The third-order valence-corrected chi connectivity index (χ3v) is 3.10. The van der Waals surface area contributed by atoms with E-state index in [-0.39, 0.29) is 16.5 Å². The Balaban J connectivity index is 2.04. The minimum Gasteiger partial charge on any atom is -0.479 e. The van der Waals surface area contributed by atoms with E-state index in [1.807, 2.05) is 0 Å². The molecule has 0 saturated heterocycles. The molecule has 1 aliphatic heterocycles. The van der Waals surface area contributed by atoms with Crippen LogP contribution < -0.4 is 15.2 Å². The monoisotopic (exact) mass is 298 g/mol. The number of ether oxygens (including phenoxy) is 2. The van der Waals surface area contributed by atoms with Crippen molar-refractivity contribution in [1.82, 2.24) is 4.98 Å². The fourth-order valence-corrected chi connectivity index (χ4v) is 2.13. The van der Waals surface area contributed by atoms with Crippen molar-refractivity contribution in [3.05, 3.63) is 35.5 Å². The molecule has 2 heterocycles. The lowest BCUT2D eigenvalue weighted by Gasteiger charge is -2.26. The normalized spacial score (nSPS) is 15.9. The van der Waals surface area contributed by atoms with Crippen molar-refractivity contribution in [2.75, 3.05) is 12.3 Å². The highest BCUT2D eigenvalue weighted by Crippen LogP contribution is 2.42. The maximum Gasteiger partial charge on any atom is 0.433 e. The highest BCUT2D eigenvalue weighted by Gasteiger charge is 2.38. The molecule has 104 valence electrons. The number of fused-ring (bicyclic) bond motifs is 1. The van der Waals surface area contributed by atoms with Crippen LogP contribution in [-0.4, -0.2) is 17.7 Å². The van der Waals surface area contributed by atoms with Gasteiger partial charge in [-0.05, 0) is 18.2 Å². The predicted octanol–water partition coefficient (Wildman–Crippen LogP) is 3.35. The summed E-state index contributed by atoms with van der Waals surface area (Å²) < 4.78 is 35.7. The number of aromatic nitrogens is 1. The Hall–Kier alpha value is -2.08. The molecule has 0 fully saturated rings. The largest absolute Gasteiger partial charge is 0.479 e. The van der Waals surface area contributed by atoms with E-state index in [2.05, 4.69) is 9.72 Å². The molecule has 2 N–H and O–H groups in total. The summed E-state index contributed by atoms with van der Waals surface area (Å²) in [6.45, 7) is -0.832. The van der Waals surface area contributed by atoms with Crippen LogP contribution in [0.25, 0.3) is 11.1 Å². The van der Waals surface area contributed by atoms with Crippen LogP contribution in [-0.2, 0) is 0 Å². The summed E-state index contributed by atoms with van der Waals surface area (Å²) in [5.41, 5.74) is 6.82. The van der Waals surface area contributed by atoms with Gasteiger partial charge in [0.25, 0.3) is 0 Å². The van der Waals surface area contributed by atoms with E-state index >= 15 is 0 Å². The molecule has 0 spiro atoms. The van der Waals surface area contributed by atoms with E-state index in [1.165, 1.54) is 6.07 Å². The molecule has 4 nitrogen and oxygen atoms in total. The molecule has 1 aliphatic rings. The van der Waals surface area contributed by atoms with Gasteiger partial charge in [0.05, 0.1) is 5.02 Å². The van der Waals surface area contributed by atoms with Crippen molar-refractivity contribution in [2.45, 2.75) is 6.11 Å². The first-order chi connectivity index (χ1) is 9.44. The van der Waals surface area contributed by atoms with Crippen LogP contribution >= 0.6 is 11.6 Å². The fourth-order valence-electron chi connectivity index (χ4n) is 1.87. The topological polar surface area (TPSA) is 57.4 Å². The number of hydrogen-bond donors (Lipinski definition) is 1. The number of nitrogens with zero attached hydrogens (tertiary/aromatic N) is 1. The average molecular weight is 299 g/mol. The van der Waals surface area contributed by atoms with Crippen molar-refractivity contribution in [2.24, 2.45) is 0 Å². The number of rotatable bonds is 1. The molecule has 20 heavy (non-hydrogen) atoms. The average Bonchev–Trinajstić information content (AvgIpc) is 2.38. The van der Waals surface area contributed by atoms with Gasteiger partial charge < -0.3 is 15.2 Å². The highest BCUT2D eigenvalue weighted by atomic mass is 35.5. The van der Waals surface area contributed by atoms with E-state index in [1.54, 1.807) is 24.4 Å². The molecular formula is C13H9ClF2N2O2. The number of pyridine rings is 1. The van der Waals surface area contributed by atoms with Gasteiger partial charge >= 0.3 is 6.11 Å². The van der Waals surface area contributed by atoms with Crippen LogP contribution in [0.3, 0.4) is 0 Å². The summed E-state index contributed by atoms with van der Waals surface area (Å²) in [5.74, 6) is 0.507. The zero-order chi connectivity index (χ0) is 14.3. The van der Waals surface area contributed by atoms with Crippen LogP contribution in [0.2, 0.25) is 5.02 Å². The van der Waals surface area contributed by atoms with Crippen LogP contribution in [0.5, 0.6) is 11.5 Å². The van der Waals surface area contributed by atoms with Crippen molar-refractivity contribution in [3.8, 4) is 22.6 Å². The molecule has 3 rings (SSSR count). The molecule has 1 aromatic heterocycles. The number of alkyl halides is 2. The second-order valence-electron chi connectivity index (χ2n) is 4.28. The standard InChI is InChI=1S/C13H9ClF2N2O2/c14-9-4-11-10(19-6-13(15,16)20-11)3-8(9)7-1-2-12(17)18-5-7/h1-5H,6H2,(H2,17,18). The van der Waals surface area contributed by atoms with E-state index in [9.17, 15) is 8.78 Å². The minimum atomic E-state index is -3.35. The highest BCUT2D eigenvalue weighted by molar-refractivity contribution is 6.33. The summed E-state index contributed by atoms with van der Waals surface area (Å²) in [6, 6.07) is 6.20. The van der Waals surface area contributed by atoms with Crippen molar-refractivity contribution >= 4 is 17.4 Å². The van der Waals surface area contributed by atoms with E-state index in [0.29, 0.717) is 16.9 Å². The first-order valence-corrected chi connectivity index (χ1v) is 6.07. The Labute approximate surface area is 118 Å². The molecule has 0 bridgehead atoms. The summed E-state index contributed by atoms with van der Waals surface area (Å²) in [4.78, 5) is 3.96. The lowest BCUT2D eigenvalue weighted by atomic mass is 10.1. The van der Waals surface area contributed by atoms with E-state index in [0.717, 1.165) is 0 Å². The number of benzene rings is 1. The predicted molar refractivity (Wildman–Crippen MR) is 70.2 cm³/mol. The Morgan fingerprint density at radius 2 is 2.05 bits per heavy atom. The minimum absolute atomic E-state index is 0.0848. The SMILES string of the molecule is Nc1ccc(-c2cc3c(cc2Cl)OC(F)(F)CO3)cn1. The van der Waals surface area contributed by atoms with Gasteiger partial charge in [-0.25, -0.2) is 4.98 Å². The lowest BCUT2D eigenvalue weighted by molar-refractivity contribution is -0.208. The molecule has 0 aliphatic carbocycles. The second-order valence-corrected chi connectivity index (χ2v) is 4.69. The molecule has 2 aromatic rings. The molecule has 0 atom stereocenters. The van der Waals surface area contributed by atoms with Gasteiger partial charge in [0.2, 0.25) is 0 Å². The van der Waals surface area contributed by atoms with Gasteiger partial charge in [-0.1, -0.05) is 11.6 Å². The third-order valence-electron chi connectivity index (χ3n) is 2.79. The third kappa shape index (κ3) is 2.34. The molecule has 0 unspecified atom stereocenters. The second kappa shape index (κ2) is 4.49. The van der Waals surface area contributed by atoms with Gasteiger partial charge in [-0.15, -0.1) is 0 Å². The number of anilines is 1. The van der Waals surface area contributed by atoms with Crippen LogP contribution in [0, 0.1) is 0 Å². The molecule has 7 heteroatoms. The van der Waals surface area contributed by atoms with Gasteiger partial charge in [0.15, 0.2) is 18.1 Å². The van der Waals surface area contributed by atoms with Gasteiger partial charge in [-0.2, -0.15) is 8.78 Å². The molecule has 0 radical (unpaired) electrons. The van der Waals surface area contributed by atoms with E-state index in [4.69, 9.17) is 22.1 Å². The summed E-state index contributed by atoms with van der Waals surface area (Å²) in [7, 11) is 0. The maximum absolute atomic E-state index is 13.1. The van der Waals surface area contributed by atoms with Gasteiger partial charge in [0.1, 0.15) is 5.82 Å². The Morgan fingerprint density at radius 3 is 2.75 bits per heavy atom. The Bertz CT molecular complexity index is 662. The zero-order valence-corrected chi connectivity index (χ0v) is 10.8. The van der Waals surface area contributed by atoms with Crippen molar-refractivity contribution in [3.63, 3.8) is 0 Å². The van der Waals surface area contributed by atoms with Crippen LogP contribution in [0.1, 0.15) is 0 Å². The van der Waals surface area contributed by atoms with E-state index < -0.39 is 12.7 Å². The fraction of sp³-hybridized carbons (Fsp3) is 0.154. The maximum atomic E-state index is 13.1. The lowest BCUT2D eigenvalue weighted by Crippen LogP contribution is -2.35. The Kier molecular flexibility index (Phi) is 2.90. The first-order valence-electron chi connectivity index (χ1n) is 5.70. The summed E-state index contributed by atoms with van der Waals surface area (Å²) >= 11 is 6.09. The Morgan fingerprint density at radius 1 is 1.25 bits per heavy atom. The summed E-state index contributed by atoms with van der Waals surface area (Å²) in [5, 5.41) is 0.261. The number of hydrogen-bond acceptors (Lipinski definition) is 4. The summed E-state index contributed by atoms with van der Waals surface area (Å²) in [6.07, 6.45) is -1.80. The van der Waals surface area contributed by atoms with Crippen LogP contribution in [0.15, 0.2) is 30.5 Å². The number of halogens is 3. The van der Waals surface area contributed by atoms with Crippen LogP contribution in [0.4, 0.5) is 14.6 Å². The smallest absolute Gasteiger partial charge is 0.433 e. The molecule has 1 aromatic carbocycles. The van der Waals surface area contributed by atoms with Crippen molar-refractivity contribution < 1.29 is 18.3 Å². The van der Waals surface area contributed by atoms with Crippen molar-refractivity contribution in [1.29, 1.82) is 0 Å². The number of nitrogen functional groups attached to an aromatic ring is 1. The number of nitrogens with two attached hydrogens (primary N) is 1. The zero-order valence-electron chi connectivity index (χ0n) is 10.1. The van der Waals surface area contributed by atoms with Gasteiger partial charge in [-0.3, -0.25) is 0 Å². The quantitative estimate of drug-likeness (QED) is 0.877. The first kappa shape index (κ1) is 12.9. The molecule has 0 amide bonds.